The molecule has 1 aromatic heterocycles. The Labute approximate surface area is 91.4 Å². The van der Waals surface area contributed by atoms with Crippen LogP contribution in [0.4, 0.5) is 0 Å². The maximum absolute atomic E-state index is 11.1. The van der Waals surface area contributed by atoms with Crippen LogP contribution in [0.5, 0.6) is 6.01 Å². The SMILES string of the molecule is O=c1ccn2c(n1)OC[C@]1(CO)CC[C@H]2O1. The molecule has 3 heterocycles. The molecule has 0 unspecified atom stereocenters. The second-order valence-corrected chi connectivity index (χ2v) is 4.20. The van der Waals surface area contributed by atoms with Crippen LogP contribution in [0, 0.1) is 0 Å². The average Bonchev–Trinajstić information content (AvgIpc) is 2.64. The van der Waals surface area contributed by atoms with E-state index < -0.39 is 5.60 Å². The molecule has 0 radical (unpaired) electrons. The smallest absolute Gasteiger partial charge is 0.301 e. The quantitative estimate of drug-likeness (QED) is 0.707. The first-order valence-corrected chi connectivity index (χ1v) is 5.23. The average molecular weight is 224 g/mol. The first-order chi connectivity index (χ1) is 7.72. The van der Waals surface area contributed by atoms with Crippen molar-refractivity contribution in [3.63, 3.8) is 0 Å². The van der Waals surface area contributed by atoms with Crippen molar-refractivity contribution in [2.75, 3.05) is 13.2 Å². The number of rotatable bonds is 1. The van der Waals surface area contributed by atoms with Crippen LogP contribution in [-0.2, 0) is 4.74 Å². The predicted molar refractivity (Wildman–Crippen MR) is 53.2 cm³/mol. The number of nitrogens with zero attached hydrogens (tertiary/aromatic N) is 2. The Morgan fingerprint density at radius 3 is 3.38 bits per heavy atom. The Morgan fingerprint density at radius 1 is 1.69 bits per heavy atom. The molecule has 86 valence electrons. The van der Waals surface area contributed by atoms with Crippen molar-refractivity contribution in [3.8, 4) is 6.01 Å². The summed E-state index contributed by atoms with van der Waals surface area (Å²) in [5.74, 6) is 0. The first-order valence-electron chi connectivity index (χ1n) is 5.23. The monoisotopic (exact) mass is 224 g/mol. The molecular weight excluding hydrogens is 212 g/mol. The maximum Gasteiger partial charge on any atom is 0.301 e. The summed E-state index contributed by atoms with van der Waals surface area (Å²) >= 11 is 0. The second kappa shape index (κ2) is 3.29. The van der Waals surface area contributed by atoms with E-state index in [1.54, 1.807) is 10.8 Å². The summed E-state index contributed by atoms with van der Waals surface area (Å²) in [5.41, 5.74) is -0.969. The van der Waals surface area contributed by atoms with E-state index in [1.165, 1.54) is 6.07 Å². The minimum absolute atomic E-state index is 0.0811. The van der Waals surface area contributed by atoms with Gasteiger partial charge in [-0.15, -0.1) is 0 Å². The molecule has 1 aromatic rings. The lowest BCUT2D eigenvalue weighted by atomic mass is 10.0. The Morgan fingerprint density at radius 2 is 2.56 bits per heavy atom. The molecule has 2 bridgehead atoms. The molecule has 0 saturated carbocycles. The number of aliphatic hydroxyl groups excluding tert-OH is 1. The van der Waals surface area contributed by atoms with E-state index in [0.29, 0.717) is 0 Å². The van der Waals surface area contributed by atoms with Gasteiger partial charge in [0.1, 0.15) is 18.4 Å². The summed E-state index contributed by atoms with van der Waals surface area (Å²) in [6.45, 7) is 0.152. The summed E-state index contributed by atoms with van der Waals surface area (Å²) in [5, 5.41) is 9.33. The molecule has 0 amide bonds. The van der Waals surface area contributed by atoms with Gasteiger partial charge in [-0.25, -0.2) is 0 Å². The zero-order valence-corrected chi connectivity index (χ0v) is 8.63. The lowest BCUT2D eigenvalue weighted by Crippen LogP contribution is -2.38. The normalized spacial score (nSPS) is 31.7. The molecule has 0 aromatic carbocycles. The molecule has 6 nitrogen and oxygen atoms in total. The van der Waals surface area contributed by atoms with Gasteiger partial charge in [-0.3, -0.25) is 9.36 Å². The van der Waals surface area contributed by atoms with Gasteiger partial charge in [-0.2, -0.15) is 4.98 Å². The maximum atomic E-state index is 11.1. The van der Waals surface area contributed by atoms with E-state index in [4.69, 9.17) is 9.47 Å². The van der Waals surface area contributed by atoms with Gasteiger partial charge >= 0.3 is 6.01 Å². The van der Waals surface area contributed by atoms with E-state index in [1.807, 2.05) is 0 Å². The summed E-state index contributed by atoms with van der Waals surface area (Å²) in [6.07, 6.45) is 2.97. The molecule has 16 heavy (non-hydrogen) atoms. The van der Waals surface area contributed by atoms with Crippen LogP contribution in [0.3, 0.4) is 0 Å². The first kappa shape index (κ1) is 9.80. The Balaban J connectivity index is 2.05. The van der Waals surface area contributed by atoms with Crippen LogP contribution in [0.15, 0.2) is 17.1 Å². The van der Waals surface area contributed by atoms with Gasteiger partial charge in [0.25, 0.3) is 5.56 Å². The topological polar surface area (TPSA) is 73.6 Å². The van der Waals surface area contributed by atoms with Crippen molar-refractivity contribution in [2.24, 2.45) is 0 Å². The van der Waals surface area contributed by atoms with Crippen LogP contribution in [0.25, 0.3) is 0 Å². The largest absolute Gasteiger partial charge is 0.461 e. The van der Waals surface area contributed by atoms with Gasteiger partial charge < -0.3 is 14.6 Å². The van der Waals surface area contributed by atoms with Crippen LogP contribution in [-0.4, -0.2) is 33.5 Å². The highest BCUT2D eigenvalue weighted by molar-refractivity contribution is 5.05. The lowest BCUT2D eigenvalue weighted by molar-refractivity contribution is -0.101. The third-order valence-electron chi connectivity index (χ3n) is 3.10. The molecule has 1 N–H and O–H groups in total. The number of ether oxygens (including phenoxy) is 2. The van der Waals surface area contributed by atoms with Crippen LogP contribution in [0.2, 0.25) is 0 Å². The highest BCUT2D eigenvalue weighted by atomic mass is 16.6. The van der Waals surface area contributed by atoms with Crippen molar-refractivity contribution >= 4 is 0 Å². The van der Waals surface area contributed by atoms with Gasteiger partial charge in [-0.05, 0) is 12.8 Å². The highest BCUT2D eigenvalue weighted by Crippen LogP contribution is 2.40. The van der Waals surface area contributed by atoms with Crippen molar-refractivity contribution in [3.05, 3.63) is 22.6 Å². The van der Waals surface area contributed by atoms with Gasteiger partial charge in [-0.1, -0.05) is 0 Å². The van der Waals surface area contributed by atoms with Gasteiger partial charge in [0.2, 0.25) is 0 Å². The van der Waals surface area contributed by atoms with Crippen molar-refractivity contribution in [2.45, 2.75) is 24.7 Å². The lowest BCUT2D eigenvalue weighted by Gasteiger charge is -2.23. The summed E-state index contributed by atoms with van der Waals surface area (Å²) < 4.78 is 12.9. The molecule has 2 aliphatic heterocycles. The van der Waals surface area contributed by atoms with Gasteiger partial charge in [0, 0.05) is 12.3 Å². The van der Waals surface area contributed by atoms with E-state index in [-0.39, 0.29) is 31.0 Å². The van der Waals surface area contributed by atoms with Crippen LogP contribution in [0.1, 0.15) is 19.1 Å². The molecule has 2 aliphatic rings. The number of hydrogen-bond donors (Lipinski definition) is 1. The van der Waals surface area contributed by atoms with Crippen LogP contribution < -0.4 is 10.3 Å². The van der Waals surface area contributed by atoms with Gasteiger partial charge in [0.05, 0.1) is 6.61 Å². The third-order valence-corrected chi connectivity index (χ3v) is 3.10. The Hall–Kier alpha value is -1.40. The zero-order valence-electron chi connectivity index (χ0n) is 8.63. The zero-order chi connectivity index (χ0) is 11.2. The summed E-state index contributed by atoms with van der Waals surface area (Å²) in [4.78, 5) is 14.9. The number of aromatic nitrogens is 2. The molecule has 0 aliphatic carbocycles. The molecular formula is C10H12N2O4. The fraction of sp³-hybridized carbons (Fsp3) is 0.600. The second-order valence-electron chi connectivity index (χ2n) is 4.20. The van der Waals surface area contributed by atoms with Crippen molar-refractivity contribution in [1.29, 1.82) is 0 Å². The molecule has 2 atom stereocenters. The van der Waals surface area contributed by atoms with E-state index in [2.05, 4.69) is 4.98 Å². The fourth-order valence-electron chi connectivity index (χ4n) is 2.18. The third kappa shape index (κ3) is 1.34. The molecule has 0 spiro atoms. The fourth-order valence-corrected chi connectivity index (χ4v) is 2.18. The van der Waals surface area contributed by atoms with E-state index >= 15 is 0 Å². The van der Waals surface area contributed by atoms with E-state index in [0.717, 1.165) is 12.8 Å². The number of aliphatic hydroxyl groups is 1. The minimum Gasteiger partial charge on any atom is -0.461 e. The molecule has 1 fully saturated rings. The summed E-state index contributed by atoms with van der Waals surface area (Å²) in [6, 6.07) is 1.65. The number of hydrogen-bond acceptors (Lipinski definition) is 5. The van der Waals surface area contributed by atoms with Crippen LogP contribution >= 0.6 is 0 Å². The van der Waals surface area contributed by atoms with Crippen molar-refractivity contribution in [1.82, 2.24) is 9.55 Å². The summed E-state index contributed by atoms with van der Waals surface area (Å²) in [7, 11) is 0. The Bertz CT molecular complexity index is 472. The Kier molecular flexibility index (Phi) is 2.02. The van der Waals surface area contributed by atoms with E-state index in [9.17, 15) is 9.90 Å². The van der Waals surface area contributed by atoms with Crippen molar-refractivity contribution < 1.29 is 14.6 Å². The molecule has 3 rings (SSSR count). The minimum atomic E-state index is -0.637. The molecule has 6 heteroatoms. The molecule has 1 saturated heterocycles. The number of fused-ring (bicyclic) bond motifs is 4. The standard InChI is InChI=1S/C10H12N2O4/c13-5-10-3-1-8(16-10)12-4-2-7(14)11-9(12)15-6-10/h2,4,8,13H,1,3,5-6H2/t8-,10-/m1/s1. The van der Waals surface area contributed by atoms with Gasteiger partial charge in [0.15, 0.2) is 0 Å². The highest BCUT2D eigenvalue weighted by Gasteiger charge is 2.44. The predicted octanol–water partition coefficient (Wildman–Crippen LogP) is -0.324.